The molecule has 0 radical (unpaired) electrons. The van der Waals surface area contributed by atoms with Crippen LogP contribution < -0.4 is 4.74 Å². The van der Waals surface area contributed by atoms with Gasteiger partial charge < -0.3 is 19.7 Å². The van der Waals surface area contributed by atoms with E-state index in [9.17, 15) is 9.90 Å². The van der Waals surface area contributed by atoms with Crippen molar-refractivity contribution in [3.05, 3.63) is 41.0 Å². The van der Waals surface area contributed by atoms with E-state index in [1.807, 2.05) is 13.8 Å². The molecule has 0 aliphatic heterocycles. The first-order chi connectivity index (χ1) is 10.9. The lowest BCUT2D eigenvalue weighted by Gasteiger charge is -2.22. The minimum absolute atomic E-state index is 0.0431. The highest BCUT2D eigenvalue weighted by atomic mass is 16.5. The van der Waals surface area contributed by atoms with E-state index < -0.39 is 6.10 Å². The Labute approximate surface area is 137 Å². The van der Waals surface area contributed by atoms with Crippen molar-refractivity contribution in [2.24, 2.45) is 5.92 Å². The molecule has 0 amide bonds. The van der Waals surface area contributed by atoms with Crippen molar-refractivity contribution in [3.8, 4) is 5.75 Å². The molecule has 0 saturated carbocycles. The SMILES string of the molecule is CCOC(=O)/C(C)=C(\C)[C@H](C)[C@@H](O)c1ccc(OCCO)cc1. The van der Waals surface area contributed by atoms with E-state index in [1.165, 1.54) is 0 Å². The van der Waals surface area contributed by atoms with Crippen LogP contribution in [0.5, 0.6) is 5.75 Å². The average Bonchev–Trinajstić information content (AvgIpc) is 2.58. The van der Waals surface area contributed by atoms with Gasteiger partial charge in [-0.2, -0.15) is 0 Å². The van der Waals surface area contributed by atoms with Gasteiger partial charge in [-0.15, -0.1) is 0 Å². The van der Waals surface area contributed by atoms with Gasteiger partial charge in [0.1, 0.15) is 12.4 Å². The summed E-state index contributed by atoms with van der Waals surface area (Å²) in [5.41, 5.74) is 2.07. The summed E-state index contributed by atoms with van der Waals surface area (Å²) in [6.45, 7) is 7.70. The van der Waals surface area contributed by atoms with Gasteiger partial charge >= 0.3 is 5.97 Å². The molecule has 2 atom stereocenters. The Morgan fingerprint density at radius 3 is 2.35 bits per heavy atom. The number of benzene rings is 1. The van der Waals surface area contributed by atoms with Crippen LogP contribution in [0.15, 0.2) is 35.4 Å². The Kier molecular flexibility index (Phi) is 7.78. The zero-order valence-electron chi connectivity index (χ0n) is 14.2. The average molecular weight is 322 g/mol. The quantitative estimate of drug-likeness (QED) is 0.568. The number of hydrogen-bond donors (Lipinski definition) is 2. The van der Waals surface area contributed by atoms with Crippen LogP contribution in [0.1, 0.15) is 39.4 Å². The molecule has 23 heavy (non-hydrogen) atoms. The van der Waals surface area contributed by atoms with Crippen LogP contribution >= 0.6 is 0 Å². The van der Waals surface area contributed by atoms with Crippen LogP contribution in [-0.4, -0.2) is 36.0 Å². The Morgan fingerprint density at radius 2 is 1.83 bits per heavy atom. The zero-order valence-corrected chi connectivity index (χ0v) is 14.2. The number of aliphatic hydroxyl groups is 2. The van der Waals surface area contributed by atoms with Crippen molar-refractivity contribution in [2.75, 3.05) is 19.8 Å². The molecule has 0 aliphatic carbocycles. The number of esters is 1. The molecule has 0 fully saturated rings. The second kappa shape index (κ2) is 9.33. The van der Waals surface area contributed by atoms with Crippen LogP contribution in [0.25, 0.3) is 0 Å². The van der Waals surface area contributed by atoms with Crippen LogP contribution in [-0.2, 0) is 9.53 Å². The summed E-state index contributed by atoms with van der Waals surface area (Å²) in [5.74, 6) is 0.0676. The summed E-state index contributed by atoms with van der Waals surface area (Å²) in [4.78, 5) is 11.8. The molecule has 0 saturated heterocycles. The molecule has 0 unspecified atom stereocenters. The third kappa shape index (κ3) is 5.37. The maximum absolute atomic E-state index is 11.8. The van der Waals surface area contributed by atoms with Crippen molar-refractivity contribution in [1.29, 1.82) is 0 Å². The minimum atomic E-state index is -0.730. The van der Waals surface area contributed by atoms with Crippen LogP contribution in [0.3, 0.4) is 0 Å². The summed E-state index contributed by atoms with van der Waals surface area (Å²) in [7, 11) is 0. The molecule has 1 aromatic carbocycles. The summed E-state index contributed by atoms with van der Waals surface area (Å²) in [6.07, 6.45) is -0.730. The summed E-state index contributed by atoms with van der Waals surface area (Å²) in [5, 5.41) is 19.3. The zero-order chi connectivity index (χ0) is 17.4. The van der Waals surface area contributed by atoms with Gasteiger partial charge in [0.15, 0.2) is 0 Å². The first-order valence-electron chi connectivity index (χ1n) is 7.78. The Hall–Kier alpha value is -1.85. The molecule has 0 bridgehead atoms. The predicted molar refractivity (Wildman–Crippen MR) is 88.2 cm³/mol. The van der Waals surface area contributed by atoms with E-state index in [4.69, 9.17) is 14.6 Å². The molecule has 1 aromatic rings. The fourth-order valence-corrected chi connectivity index (χ4v) is 2.19. The summed E-state index contributed by atoms with van der Waals surface area (Å²) < 4.78 is 10.3. The number of rotatable bonds is 8. The van der Waals surface area contributed by atoms with Gasteiger partial charge in [-0.05, 0) is 38.5 Å². The number of aliphatic hydroxyl groups excluding tert-OH is 2. The Bertz CT molecular complexity index is 533. The van der Waals surface area contributed by atoms with Crippen LogP contribution in [0.4, 0.5) is 0 Å². The molecule has 2 N–H and O–H groups in total. The lowest BCUT2D eigenvalue weighted by molar-refractivity contribution is -0.138. The Balaban J connectivity index is 2.84. The van der Waals surface area contributed by atoms with E-state index in [2.05, 4.69) is 0 Å². The van der Waals surface area contributed by atoms with E-state index in [-0.39, 0.29) is 25.1 Å². The number of carbonyl (C=O) groups is 1. The fourth-order valence-electron chi connectivity index (χ4n) is 2.19. The molecule has 128 valence electrons. The van der Waals surface area contributed by atoms with Gasteiger partial charge in [0.2, 0.25) is 0 Å². The van der Waals surface area contributed by atoms with Crippen molar-refractivity contribution in [2.45, 2.75) is 33.8 Å². The van der Waals surface area contributed by atoms with Crippen molar-refractivity contribution < 1.29 is 24.5 Å². The smallest absolute Gasteiger partial charge is 0.333 e. The Morgan fingerprint density at radius 1 is 1.22 bits per heavy atom. The van der Waals surface area contributed by atoms with Crippen LogP contribution in [0, 0.1) is 5.92 Å². The van der Waals surface area contributed by atoms with Gasteiger partial charge in [-0.25, -0.2) is 4.79 Å². The topological polar surface area (TPSA) is 76.0 Å². The van der Waals surface area contributed by atoms with E-state index in [0.29, 0.717) is 17.9 Å². The molecule has 5 heteroatoms. The maximum Gasteiger partial charge on any atom is 0.333 e. The second-order valence-electron chi connectivity index (χ2n) is 5.40. The van der Waals surface area contributed by atoms with Crippen molar-refractivity contribution in [1.82, 2.24) is 0 Å². The molecular formula is C18H26O5. The highest BCUT2D eigenvalue weighted by molar-refractivity contribution is 5.88. The van der Waals surface area contributed by atoms with Gasteiger partial charge in [0.05, 0.1) is 19.3 Å². The molecule has 0 heterocycles. The minimum Gasteiger partial charge on any atom is -0.491 e. The first-order valence-corrected chi connectivity index (χ1v) is 7.78. The first kappa shape index (κ1) is 19.2. The monoisotopic (exact) mass is 322 g/mol. The third-order valence-electron chi connectivity index (χ3n) is 3.91. The fraction of sp³-hybridized carbons (Fsp3) is 0.500. The van der Waals surface area contributed by atoms with E-state index in [1.54, 1.807) is 38.1 Å². The lowest BCUT2D eigenvalue weighted by atomic mass is 9.89. The van der Waals surface area contributed by atoms with Gasteiger partial charge in [-0.3, -0.25) is 0 Å². The highest BCUT2D eigenvalue weighted by Crippen LogP contribution is 2.30. The molecule has 5 nitrogen and oxygen atoms in total. The second-order valence-corrected chi connectivity index (χ2v) is 5.40. The number of hydrogen-bond acceptors (Lipinski definition) is 5. The standard InChI is InChI=1S/C18H26O5/c1-5-22-18(21)14(4)12(2)13(3)17(20)15-6-8-16(9-7-15)23-11-10-19/h6-9,13,17,19-20H,5,10-11H2,1-4H3/b14-12+/t13-,17+/m0/s1. The number of carbonyl (C=O) groups excluding carboxylic acids is 1. The molecule has 0 spiro atoms. The third-order valence-corrected chi connectivity index (χ3v) is 3.91. The van der Waals surface area contributed by atoms with Crippen molar-refractivity contribution in [3.63, 3.8) is 0 Å². The van der Waals surface area contributed by atoms with Gasteiger partial charge in [0, 0.05) is 11.5 Å². The molecular weight excluding hydrogens is 296 g/mol. The molecule has 0 aliphatic rings. The molecule has 0 aromatic heterocycles. The largest absolute Gasteiger partial charge is 0.491 e. The normalized spacial score (nSPS) is 14.7. The van der Waals surface area contributed by atoms with Crippen LogP contribution in [0.2, 0.25) is 0 Å². The van der Waals surface area contributed by atoms with Gasteiger partial charge in [-0.1, -0.05) is 24.6 Å². The predicted octanol–water partition coefficient (Wildman–Crippen LogP) is 2.63. The van der Waals surface area contributed by atoms with Crippen molar-refractivity contribution >= 4 is 5.97 Å². The number of ether oxygens (including phenoxy) is 2. The molecule has 1 rings (SSSR count). The van der Waals surface area contributed by atoms with E-state index in [0.717, 1.165) is 11.1 Å². The van der Waals surface area contributed by atoms with Gasteiger partial charge in [0.25, 0.3) is 0 Å². The summed E-state index contributed by atoms with van der Waals surface area (Å²) in [6, 6.07) is 7.05. The van der Waals surface area contributed by atoms with E-state index >= 15 is 0 Å². The maximum atomic E-state index is 11.8. The summed E-state index contributed by atoms with van der Waals surface area (Å²) >= 11 is 0. The lowest BCUT2D eigenvalue weighted by Crippen LogP contribution is -2.15. The highest BCUT2D eigenvalue weighted by Gasteiger charge is 2.21.